The van der Waals surface area contributed by atoms with E-state index in [1.165, 1.54) is 36.9 Å². The Balaban J connectivity index is 2.32. The van der Waals surface area contributed by atoms with Crippen molar-refractivity contribution in [3.05, 3.63) is 29.8 Å². The quantitative estimate of drug-likeness (QED) is 0.827. The second-order valence-corrected chi connectivity index (χ2v) is 6.56. The van der Waals surface area contributed by atoms with Gasteiger partial charge in [0.25, 0.3) is 0 Å². The third-order valence-electron chi connectivity index (χ3n) is 4.41. The minimum Gasteiger partial charge on any atom is -0.368 e. The van der Waals surface area contributed by atoms with Crippen LogP contribution in [0.15, 0.2) is 24.3 Å². The summed E-state index contributed by atoms with van der Waals surface area (Å²) in [6.07, 6.45) is 6.42. The molecule has 1 aromatic rings. The molecular weight excluding hydrogens is 244 g/mol. The molecule has 112 valence electrons. The minimum atomic E-state index is 0.155. The average molecular weight is 274 g/mol. The van der Waals surface area contributed by atoms with Gasteiger partial charge in [-0.25, -0.2) is 0 Å². The number of rotatable bonds is 6. The van der Waals surface area contributed by atoms with Crippen molar-refractivity contribution in [3.8, 4) is 0 Å². The molecule has 1 fully saturated rings. The van der Waals surface area contributed by atoms with Crippen molar-refractivity contribution >= 4 is 5.69 Å². The molecule has 0 heterocycles. The highest BCUT2D eigenvalue weighted by Gasteiger charge is 2.25. The molecule has 0 radical (unpaired) electrons. The van der Waals surface area contributed by atoms with Gasteiger partial charge in [-0.3, -0.25) is 0 Å². The van der Waals surface area contributed by atoms with Crippen molar-refractivity contribution in [1.29, 1.82) is 0 Å². The van der Waals surface area contributed by atoms with E-state index in [1.54, 1.807) is 0 Å². The second kappa shape index (κ2) is 7.12. The average Bonchev–Trinajstić information content (AvgIpc) is 2.97. The minimum absolute atomic E-state index is 0.155. The molecule has 0 bridgehead atoms. The van der Waals surface area contributed by atoms with Crippen LogP contribution in [0.25, 0.3) is 0 Å². The van der Waals surface area contributed by atoms with Crippen LogP contribution < -0.4 is 10.6 Å². The molecule has 1 aliphatic carbocycles. The van der Waals surface area contributed by atoms with E-state index in [2.05, 4.69) is 49.9 Å². The monoisotopic (exact) mass is 274 g/mol. The summed E-state index contributed by atoms with van der Waals surface area (Å²) in [7, 11) is 0. The Morgan fingerprint density at radius 1 is 1.20 bits per heavy atom. The second-order valence-electron chi connectivity index (χ2n) is 6.56. The first-order valence-electron chi connectivity index (χ1n) is 8.24. The van der Waals surface area contributed by atoms with Gasteiger partial charge in [0.15, 0.2) is 0 Å². The number of para-hydroxylation sites is 1. The summed E-state index contributed by atoms with van der Waals surface area (Å²) in [6, 6.07) is 9.63. The largest absolute Gasteiger partial charge is 0.368 e. The maximum Gasteiger partial charge on any atom is 0.0417 e. The molecule has 0 aliphatic heterocycles. The third kappa shape index (κ3) is 3.54. The smallest absolute Gasteiger partial charge is 0.0417 e. The van der Waals surface area contributed by atoms with Crippen molar-refractivity contribution in [2.24, 2.45) is 11.7 Å². The standard InChI is InChI=1S/C18H30N2/c1-4-17(19)16-11-7-8-12-18(16)20(13-14(2)3)15-9-5-6-10-15/h7-8,11-12,14-15,17H,4-6,9-10,13,19H2,1-3H3. The van der Waals surface area contributed by atoms with E-state index < -0.39 is 0 Å². The first-order valence-corrected chi connectivity index (χ1v) is 8.24. The zero-order valence-corrected chi connectivity index (χ0v) is 13.3. The fraction of sp³-hybridized carbons (Fsp3) is 0.667. The summed E-state index contributed by atoms with van der Waals surface area (Å²) in [6.45, 7) is 7.93. The Morgan fingerprint density at radius 2 is 1.85 bits per heavy atom. The van der Waals surface area contributed by atoms with Crippen LogP contribution >= 0.6 is 0 Å². The molecule has 0 saturated heterocycles. The van der Waals surface area contributed by atoms with E-state index in [0.29, 0.717) is 12.0 Å². The van der Waals surface area contributed by atoms with Gasteiger partial charge >= 0.3 is 0 Å². The molecule has 20 heavy (non-hydrogen) atoms. The van der Waals surface area contributed by atoms with E-state index in [-0.39, 0.29) is 6.04 Å². The molecule has 0 spiro atoms. The summed E-state index contributed by atoms with van der Waals surface area (Å²) < 4.78 is 0. The van der Waals surface area contributed by atoms with Gasteiger partial charge in [0.1, 0.15) is 0 Å². The lowest BCUT2D eigenvalue weighted by atomic mass is 10.00. The number of nitrogens with two attached hydrogens (primary N) is 1. The SMILES string of the molecule is CCC(N)c1ccccc1N(CC(C)C)C1CCCC1. The van der Waals surface area contributed by atoms with Crippen molar-refractivity contribution in [2.45, 2.75) is 65.0 Å². The van der Waals surface area contributed by atoms with E-state index in [0.717, 1.165) is 13.0 Å². The van der Waals surface area contributed by atoms with Crippen LogP contribution in [-0.2, 0) is 0 Å². The van der Waals surface area contributed by atoms with E-state index in [9.17, 15) is 0 Å². The normalized spacial score (nSPS) is 17.6. The molecule has 1 aromatic carbocycles. The van der Waals surface area contributed by atoms with Gasteiger partial charge < -0.3 is 10.6 Å². The molecule has 2 nitrogen and oxygen atoms in total. The van der Waals surface area contributed by atoms with Gasteiger partial charge in [0.05, 0.1) is 0 Å². The first-order chi connectivity index (χ1) is 9.63. The van der Waals surface area contributed by atoms with Crippen LogP contribution in [0.3, 0.4) is 0 Å². The number of nitrogens with zero attached hydrogens (tertiary/aromatic N) is 1. The molecule has 1 atom stereocenters. The Kier molecular flexibility index (Phi) is 5.47. The Morgan fingerprint density at radius 3 is 2.45 bits per heavy atom. The van der Waals surface area contributed by atoms with Gasteiger partial charge in [0.2, 0.25) is 0 Å². The van der Waals surface area contributed by atoms with Gasteiger partial charge in [-0.15, -0.1) is 0 Å². The summed E-state index contributed by atoms with van der Waals surface area (Å²) in [5.74, 6) is 0.682. The molecule has 1 saturated carbocycles. The van der Waals surface area contributed by atoms with Crippen LogP contribution in [0.2, 0.25) is 0 Å². The van der Waals surface area contributed by atoms with Crippen LogP contribution in [-0.4, -0.2) is 12.6 Å². The number of benzene rings is 1. The Hall–Kier alpha value is -1.02. The fourth-order valence-electron chi connectivity index (χ4n) is 3.34. The maximum absolute atomic E-state index is 6.34. The summed E-state index contributed by atoms with van der Waals surface area (Å²) >= 11 is 0. The van der Waals surface area contributed by atoms with Crippen LogP contribution in [0.5, 0.6) is 0 Å². The van der Waals surface area contributed by atoms with Crippen LogP contribution in [0.1, 0.15) is 64.5 Å². The molecule has 1 unspecified atom stereocenters. The first kappa shape index (κ1) is 15.4. The fourth-order valence-corrected chi connectivity index (χ4v) is 3.34. The Bertz CT molecular complexity index is 408. The Labute approximate surface area is 124 Å². The van der Waals surface area contributed by atoms with Crippen molar-refractivity contribution in [3.63, 3.8) is 0 Å². The maximum atomic E-state index is 6.34. The summed E-state index contributed by atoms with van der Waals surface area (Å²) in [5.41, 5.74) is 9.03. The highest BCUT2D eigenvalue weighted by atomic mass is 15.2. The third-order valence-corrected chi connectivity index (χ3v) is 4.41. The van der Waals surface area contributed by atoms with E-state index in [1.807, 2.05) is 0 Å². The highest BCUT2D eigenvalue weighted by Crippen LogP contribution is 2.33. The number of hydrogen-bond donors (Lipinski definition) is 1. The molecule has 2 rings (SSSR count). The topological polar surface area (TPSA) is 29.3 Å². The molecular formula is C18H30N2. The lowest BCUT2D eigenvalue weighted by Gasteiger charge is -2.35. The molecule has 2 heteroatoms. The van der Waals surface area contributed by atoms with Crippen molar-refractivity contribution < 1.29 is 0 Å². The molecule has 0 amide bonds. The van der Waals surface area contributed by atoms with E-state index in [4.69, 9.17) is 5.73 Å². The molecule has 2 N–H and O–H groups in total. The predicted molar refractivity (Wildman–Crippen MR) is 88.1 cm³/mol. The van der Waals surface area contributed by atoms with Gasteiger partial charge in [0, 0.05) is 24.3 Å². The van der Waals surface area contributed by atoms with Gasteiger partial charge in [-0.05, 0) is 36.8 Å². The lowest BCUT2D eigenvalue weighted by Crippen LogP contribution is -2.37. The summed E-state index contributed by atoms with van der Waals surface area (Å²) in [4.78, 5) is 2.64. The number of anilines is 1. The zero-order chi connectivity index (χ0) is 14.5. The highest BCUT2D eigenvalue weighted by molar-refractivity contribution is 5.56. The zero-order valence-electron chi connectivity index (χ0n) is 13.3. The van der Waals surface area contributed by atoms with Crippen LogP contribution in [0, 0.1) is 5.92 Å². The summed E-state index contributed by atoms with van der Waals surface area (Å²) in [5, 5.41) is 0. The number of hydrogen-bond acceptors (Lipinski definition) is 2. The van der Waals surface area contributed by atoms with Crippen molar-refractivity contribution in [2.75, 3.05) is 11.4 Å². The molecule has 0 aromatic heterocycles. The lowest BCUT2D eigenvalue weighted by molar-refractivity contribution is 0.531. The predicted octanol–water partition coefficient (Wildman–Crippen LogP) is 4.50. The van der Waals surface area contributed by atoms with E-state index >= 15 is 0 Å². The van der Waals surface area contributed by atoms with Crippen LogP contribution in [0.4, 0.5) is 5.69 Å². The van der Waals surface area contributed by atoms with Gasteiger partial charge in [-0.1, -0.05) is 51.8 Å². The van der Waals surface area contributed by atoms with Crippen molar-refractivity contribution in [1.82, 2.24) is 0 Å². The molecule has 1 aliphatic rings. The van der Waals surface area contributed by atoms with Gasteiger partial charge in [-0.2, -0.15) is 0 Å².